The van der Waals surface area contributed by atoms with Gasteiger partial charge in [-0.3, -0.25) is 9.36 Å². The van der Waals surface area contributed by atoms with Gasteiger partial charge in [-0.25, -0.2) is 8.42 Å². The molecule has 0 aliphatic carbocycles. The van der Waals surface area contributed by atoms with E-state index in [0.717, 1.165) is 11.3 Å². The minimum atomic E-state index is -3.54. The molecule has 0 N–H and O–H groups in total. The van der Waals surface area contributed by atoms with Gasteiger partial charge in [0.25, 0.3) is 0 Å². The fourth-order valence-corrected chi connectivity index (χ4v) is 3.25. The molecule has 0 unspecified atom stereocenters. The number of aromatic nitrogens is 4. The number of hydrogen-bond donors (Lipinski definition) is 0. The first-order valence-electron chi connectivity index (χ1n) is 6.17. The van der Waals surface area contributed by atoms with Gasteiger partial charge in [-0.2, -0.15) is 14.5 Å². The molecular formula is C12H19N5O2S. The highest BCUT2D eigenvalue weighted by Crippen LogP contribution is 2.20. The van der Waals surface area contributed by atoms with Gasteiger partial charge in [-0.05, 0) is 13.8 Å². The molecule has 0 aliphatic rings. The van der Waals surface area contributed by atoms with Crippen molar-refractivity contribution in [3.05, 3.63) is 29.3 Å². The highest BCUT2D eigenvalue weighted by molar-refractivity contribution is 7.89. The molecule has 20 heavy (non-hydrogen) atoms. The molecule has 0 spiro atoms. The Bertz CT molecular complexity index is 729. The van der Waals surface area contributed by atoms with E-state index in [0.29, 0.717) is 5.69 Å². The molecule has 0 saturated heterocycles. The van der Waals surface area contributed by atoms with Gasteiger partial charge >= 0.3 is 0 Å². The molecule has 110 valence electrons. The van der Waals surface area contributed by atoms with Crippen molar-refractivity contribution in [2.75, 3.05) is 7.05 Å². The molecule has 2 aromatic heterocycles. The summed E-state index contributed by atoms with van der Waals surface area (Å²) >= 11 is 0. The van der Waals surface area contributed by atoms with Crippen LogP contribution in [0.25, 0.3) is 0 Å². The molecular weight excluding hydrogens is 278 g/mol. The van der Waals surface area contributed by atoms with Gasteiger partial charge in [-0.1, -0.05) is 0 Å². The quantitative estimate of drug-likeness (QED) is 0.828. The van der Waals surface area contributed by atoms with Crippen LogP contribution in [0, 0.1) is 13.8 Å². The zero-order valence-electron chi connectivity index (χ0n) is 12.3. The van der Waals surface area contributed by atoms with E-state index in [1.165, 1.54) is 10.5 Å². The maximum atomic E-state index is 12.5. The van der Waals surface area contributed by atoms with Crippen molar-refractivity contribution in [2.24, 2.45) is 14.1 Å². The molecule has 0 fully saturated rings. The van der Waals surface area contributed by atoms with Crippen LogP contribution in [-0.4, -0.2) is 39.3 Å². The van der Waals surface area contributed by atoms with Crippen molar-refractivity contribution in [3.8, 4) is 0 Å². The summed E-state index contributed by atoms with van der Waals surface area (Å²) in [6, 6.07) is 0. The summed E-state index contributed by atoms with van der Waals surface area (Å²) in [6.07, 6.45) is 3.08. The summed E-state index contributed by atoms with van der Waals surface area (Å²) in [7, 11) is 1.58. The number of nitrogens with zero attached hydrogens (tertiary/aromatic N) is 5. The molecule has 2 heterocycles. The first kappa shape index (κ1) is 14.7. The molecule has 8 heteroatoms. The van der Waals surface area contributed by atoms with Crippen LogP contribution in [0.15, 0.2) is 17.3 Å². The summed E-state index contributed by atoms with van der Waals surface area (Å²) in [4.78, 5) is 0.240. The Labute approximate surface area is 118 Å². The number of aryl methyl sites for hydroxylation is 2. The van der Waals surface area contributed by atoms with Crippen molar-refractivity contribution < 1.29 is 8.42 Å². The van der Waals surface area contributed by atoms with Crippen molar-refractivity contribution in [3.63, 3.8) is 0 Å². The van der Waals surface area contributed by atoms with Gasteiger partial charge < -0.3 is 0 Å². The molecule has 0 saturated carbocycles. The Morgan fingerprint density at radius 3 is 2.10 bits per heavy atom. The highest BCUT2D eigenvalue weighted by atomic mass is 32.2. The normalized spacial score (nSPS) is 12.3. The molecule has 0 aromatic carbocycles. The predicted molar refractivity (Wildman–Crippen MR) is 74.5 cm³/mol. The lowest BCUT2D eigenvalue weighted by atomic mass is 10.3. The maximum Gasteiger partial charge on any atom is 0.246 e. The summed E-state index contributed by atoms with van der Waals surface area (Å²) in [5, 5.41) is 8.11. The largest absolute Gasteiger partial charge is 0.273 e. The molecule has 0 amide bonds. The highest BCUT2D eigenvalue weighted by Gasteiger charge is 2.26. The summed E-state index contributed by atoms with van der Waals surface area (Å²) in [6.45, 7) is 3.94. The van der Waals surface area contributed by atoms with Crippen LogP contribution in [0.1, 0.15) is 17.0 Å². The molecule has 7 nitrogen and oxygen atoms in total. The second-order valence-electron chi connectivity index (χ2n) is 4.86. The second kappa shape index (κ2) is 5.02. The Balaban J connectivity index is 2.31. The van der Waals surface area contributed by atoms with E-state index in [4.69, 9.17) is 0 Å². The first-order valence-corrected chi connectivity index (χ1v) is 7.61. The molecule has 0 aliphatic heterocycles. The summed E-state index contributed by atoms with van der Waals surface area (Å²) in [5.41, 5.74) is 2.47. The average Bonchev–Trinajstić information content (AvgIpc) is 2.87. The molecule has 0 radical (unpaired) electrons. The van der Waals surface area contributed by atoms with Gasteiger partial charge in [0.15, 0.2) is 0 Å². The van der Waals surface area contributed by atoms with Crippen LogP contribution in [0.4, 0.5) is 0 Å². The third-order valence-electron chi connectivity index (χ3n) is 3.61. The van der Waals surface area contributed by atoms with Crippen LogP contribution in [0.2, 0.25) is 0 Å². The van der Waals surface area contributed by atoms with Gasteiger partial charge in [0.2, 0.25) is 10.0 Å². The monoisotopic (exact) mass is 297 g/mol. The zero-order valence-corrected chi connectivity index (χ0v) is 13.1. The fourth-order valence-electron chi connectivity index (χ4n) is 1.92. The van der Waals surface area contributed by atoms with E-state index in [2.05, 4.69) is 10.2 Å². The van der Waals surface area contributed by atoms with E-state index < -0.39 is 10.0 Å². The lowest BCUT2D eigenvalue weighted by Gasteiger charge is -2.16. The SMILES string of the molecule is Cc1c(CN(C)S(=O)(=O)c2cnn(C)c2C)cnn1C. The molecule has 2 aromatic rings. The van der Waals surface area contributed by atoms with Crippen molar-refractivity contribution >= 4 is 10.0 Å². The lowest BCUT2D eigenvalue weighted by Crippen LogP contribution is -2.27. The van der Waals surface area contributed by atoms with E-state index in [1.54, 1.807) is 36.6 Å². The van der Waals surface area contributed by atoms with E-state index in [9.17, 15) is 8.42 Å². The van der Waals surface area contributed by atoms with Crippen LogP contribution >= 0.6 is 0 Å². The number of rotatable bonds is 4. The van der Waals surface area contributed by atoms with Crippen molar-refractivity contribution in [1.82, 2.24) is 23.9 Å². The zero-order chi connectivity index (χ0) is 15.1. The Morgan fingerprint density at radius 1 is 1.10 bits per heavy atom. The fraction of sp³-hybridized carbons (Fsp3) is 0.500. The Morgan fingerprint density at radius 2 is 1.65 bits per heavy atom. The molecule has 0 bridgehead atoms. The number of sulfonamides is 1. The van der Waals surface area contributed by atoms with Crippen molar-refractivity contribution in [1.29, 1.82) is 0 Å². The summed E-state index contributed by atoms with van der Waals surface area (Å²) in [5.74, 6) is 0. The lowest BCUT2D eigenvalue weighted by molar-refractivity contribution is 0.465. The second-order valence-corrected chi connectivity index (χ2v) is 6.87. The van der Waals surface area contributed by atoms with Gasteiger partial charge in [0.05, 0.1) is 18.1 Å². The van der Waals surface area contributed by atoms with Crippen LogP contribution < -0.4 is 0 Å². The smallest absolute Gasteiger partial charge is 0.246 e. The summed E-state index contributed by atoms with van der Waals surface area (Å²) < 4.78 is 29.7. The van der Waals surface area contributed by atoms with E-state index in [-0.39, 0.29) is 11.4 Å². The van der Waals surface area contributed by atoms with Crippen LogP contribution in [0.5, 0.6) is 0 Å². The average molecular weight is 297 g/mol. The molecule has 0 atom stereocenters. The van der Waals surface area contributed by atoms with Crippen molar-refractivity contribution in [2.45, 2.75) is 25.3 Å². The van der Waals surface area contributed by atoms with Gasteiger partial charge in [0, 0.05) is 38.9 Å². The van der Waals surface area contributed by atoms with Gasteiger partial charge in [-0.15, -0.1) is 0 Å². The third-order valence-corrected chi connectivity index (χ3v) is 5.51. The van der Waals surface area contributed by atoms with Crippen LogP contribution in [0.3, 0.4) is 0 Å². The Kier molecular flexibility index (Phi) is 3.70. The third kappa shape index (κ3) is 2.36. The topological polar surface area (TPSA) is 73.0 Å². The predicted octanol–water partition coefficient (Wildman–Crippen LogP) is 0.591. The van der Waals surface area contributed by atoms with Crippen LogP contribution in [-0.2, 0) is 30.7 Å². The maximum absolute atomic E-state index is 12.5. The molecule has 2 rings (SSSR count). The number of hydrogen-bond acceptors (Lipinski definition) is 4. The van der Waals surface area contributed by atoms with E-state index in [1.807, 2.05) is 14.0 Å². The van der Waals surface area contributed by atoms with Gasteiger partial charge in [0.1, 0.15) is 4.90 Å². The Hall–Kier alpha value is -1.67. The minimum absolute atomic E-state index is 0.240. The standard InChI is InChI=1S/C12H19N5O2S/c1-9-11(6-13-16(9)4)8-15(3)20(18,19)12-7-14-17(5)10(12)2/h6-7H,8H2,1-5H3. The first-order chi connectivity index (χ1) is 9.25. The minimum Gasteiger partial charge on any atom is -0.273 e. The van der Waals surface area contributed by atoms with E-state index >= 15 is 0 Å².